The van der Waals surface area contributed by atoms with E-state index in [0.717, 1.165) is 16.5 Å². The maximum atomic E-state index is 9.05. The Morgan fingerprint density at radius 1 is 1.18 bits per heavy atom. The molecule has 0 aliphatic carbocycles. The molecule has 1 aromatic heterocycles. The maximum absolute atomic E-state index is 9.05. The molecule has 0 spiro atoms. The van der Waals surface area contributed by atoms with Crippen molar-refractivity contribution in [3.63, 3.8) is 0 Å². The largest absolute Gasteiger partial charge is 0.398 e. The second kappa shape index (κ2) is 4.99. The molecule has 5 nitrogen and oxygen atoms in total. The monoisotopic (exact) mass is 233 g/mol. The standard InChI is InChI=1S/C12H15N3O2/c13-11-1-2-12(15-8(6-16)7-17)9-3-4-14-5-10(9)11/h1-5,8,15-17H,6-7,13H2. The molecule has 0 bridgehead atoms. The van der Waals surface area contributed by atoms with Gasteiger partial charge in [0.1, 0.15) is 0 Å². The van der Waals surface area contributed by atoms with E-state index in [1.54, 1.807) is 18.5 Å². The normalized spacial score (nSPS) is 11.0. The fraction of sp³-hybridized carbons (Fsp3) is 0.250. The minimum absolute atomic E-state index is 0.131. The first-order valence-electron chi connectivity index (χ1n) is 5.36. The third kappa shape index (κ3) is 2.30. The van der Waals surface area contributed by atoms with Gasteiger partial charge in [0.15, 0.2) is 0 Å². The van der Waals surface area contributed by atoms with Crippen LogP contribution < -0.4 is 11.1 Å². The molecule has 17 heavy (non-hydrogen) atoms. The first kappa shape index (κ1) is 11.6. The molecule has 1 aromatic carbocycles. The number of nitrogen functional groups attached to an aromatic ring is 1. The topological polar surface area (TPSA) is 91.4 Å². The number of aromatic nitrogens is 1. The molecule has 0 aliphatic rings. The number of hydrogen-bond donors (Lipinski definition) is 4. The molecule has 2 rings (SSSR count). The lowest BCUT2D eigenvalue weighted by molar-refractivity contribution is 0.204. The van der Waals surface area contributed by atoms with Crippen molar-refractivity contribution in [3.05, 3.63) is 30.6 Å². The summed E-state index contributed by atoms with van der Waals surface area (Å²) in [7, 11) is 0. The van der Waals surface area contributed by atoms with Gasteiger partial charge in [0.25, 0.3) is 0 Å². The Morgan fingerprint density at radius 3 is 2.65 bits per heavy atom. The highest BCUT2D eigenvalue weighted by atomic mass is 16.3. The summed E-state index contributed by atoms with van der Waals surface area (Å²) in [5.74, 6) is 0. The van der Waals surface area contributed by atoms with Gasteiger partial charge in [-0.2, -0.15) is 0 Å². The number of fused-ring (bicyclic) bond motifs is 1. The summed E-state index contributed by atoms with van der Waals surface area (Å²) in [6.07, 6.45) is 3.38. The minimum Gasteiger partial charge on any atom is -0.398 e. The summed E-state index contributed by atoms with van der Waals surface area (Å²) in [4.78, 5) is 4.03. The highest BCUT2D eigenvalue weighted by Crippen LogP contribution is 2.27. The molecule has 0 aliphatic heterocycles. The minimum atomic E-state index is -0.380. The third-order valence-electron chi connectivity index (χ3n) is 2.65. The van der Waals surface area contributed by atoms with Crippen molar-refractivity contribution in [3.8, 4) is 0 Å². The molecule has 2 aromatic rings. The van der Waals surface area contributed by atoms with Crippen molar-refractivity contribution in [2.75, 3.05) is 24.3 Å². The molecule has 1 heterocycles. The second-order valence-corrected chi connectivity index (χ2v) is 3.83. The Balaban J connectivity index is 2.44. The van der Waals surface area contributed by atoms with Gasteiger partial charge < -0.3 is 21.3 Å². The van der Waals surface area contributed by atoms with E-state index in [1.807, 2.05) is 12.1 Å². The van der Waals surface area contributed by atoms with Crippen molar-refractivity contribution < 1.29 is 10.2 Å². The van der Waals surface area contributed by atoms with Crippen LogP contribution in [0, 0.1) is 0 Å². The summed E-state index contributed by atoms with van der Waals surface area (Å²) in [5.41, 5.74) is 7.33. The Bertz CT molecular complexity index is 512. The van der Waals surface area contributed by atoms with E-state index >= 15 is 0 Å². The Kier molecular flexibility index (Phi) is 3.41. The van der Waals surface area contributed by atoms with Crippen LogP contribution >= 0.6 is 0 Å². The van der Waals surface area contributed by atoms with Crippen LogP contribution in [0.5, 0.6) is 0 Å². The quantitative estimate of drug-likeness (QED) is 0.580. The Labute approximate surface area is 98.9 Å². The molecule has 5 heteroatoms. The number of nitrogens with zero attached hydrogens (tertiary/aromatic N) is 1. The lowest BCUT2D eigenvalue weighted by Gasteiger charge is -2.17. The first-order valence-corrected chi connectivity index (χ1v) is 5.36. The van der Waals surface area contributed by atoms with Crippen LogP contribution in [-0.2, 0) is 0 Å². The molecular weight excluding hydrogens is 218 g/mol. The Hall–Kier alpha value is -1.85. The van der Waals surface area contributed by atoms with Gasteiger partial charge >= 0.3 is 0 Å². The van der Waals surface area contributed by atoms with Gasteiger partial charge in [-0.3, -0.25) is 4.98 Å². The average Bonchev–Trinajstić information content (AvgIpc) is 2.38. The zero-order chi connectivity index (χ0) is 12.3. The zero-order valence-corrected chi connectivity index (χ0v) is 9.30. The summed E-state index contributed by atoms with van der Waals surface area (Å²) in [5, 5.41) is 23.0. The number of hydrogen-bond acceptors (Lipinski definition) is 5. The smallest absolute Gasteiger partial charge is 0.0723 e. The number of pyridine rings is 1. The van der Waals surface area contributed by atoms with E-state index < -0.39 is 0 Å². The van der Waals surface area contributed by atoms with Crippen LogP contribution in [0.2, 0.25) is 0 Å². The molecule has 0 saturated carbocycles. The highest BCUT2D eigenvalue weighted by molar-refractivity contribution is 6.00. The SMILES string of the molecule is Nc1ccc(NC(CO)CO)c2ccncc12. The number of aliphatic hydroxyl groups is 2. The molecule has 0 atom stereocenters. The maximum Gasteiger partial charge on any atom is 0.0723 e. The average molecular weight is 233 g/mol. The lowest BCUT2D eigenvalue weighted by atomic mass is 10.1. The molecule has 0 unspecified atom stereocenters. The van der Waals surface area contributed by atoms with Crippen molar-refractivity contribution in [2.24, 2.45) is 0 Å². The predicted octanol–water partition coefficient (Wildman–Crippen LogP) is 0.582. The van der Waals surface area contributed by atoms with Crippen LogP contribution in [0.15, 0.2) is 30.6 Å². The van der Waals surface area contributed by atoms with Crippen LogP contribution in [0.3, 0.4) is 0 Å². The second-order valence-electron chi connectivity index (χ2n) is 3.83. The molecule has 0 radical (unpaired) electrons. The fourth-order valence-electron chi connectivity index (χ4n) is 1.71. The highest BCUT2D eigenvalue weighted by Gasteiger charge is 2.09. The van der Waals surface area contributed by atoms with Gasteiger partial charge in [0.2, 0.25) is 0 Å². The lowest BCUT2D eigenvalue weighted by Crippen LogP contribution is -2.27. The fourth-order valence-corrected chi connectivity index (χ4v) is 1.71. The van der Waals surface area contributed by atoms with Crippen LogP contribution in [0.4, 0.5) is 11.4 Å². The van der Waals surface area contributed by atoms with Crippen molar-refractivity contribution in [2.45, 2.75) is 6.04 Å². The van der Waals surface area contributed by atoms with E-state index in [9.17, 15) is 0 Å². The van der Waals surface area contributed by atoms with Crippen molar-refractivity contribution in [1.82, 2.24) is 4.98 Å². The van der Waals surface area contributed by atoms with E-state index in [2.05, 4.69) is 10.3 Å². The van der Waals surface area contributed by atoms with Crippen LogP contribution in [0.25, 0.3) is 10.8 Å². The van der Waals surface area contributed by atoms with E-state index in [0.29, 0.717) is 5.69 Å². The number of rotatable bonds is 4. The number of aliphatic hydroxyl groups excluding tert-OH is 2. The van der Waals surface area contributed by atoms with Gasteiger partial charge in [0, 0.05) is 34.5 Å². The number of anilines is 2. The molecule has 0 fully saturated rings. The van der Waals surface area contributed by atoms with E-state index in [1.165, 1.54) is 0 Å². The summed E-state index contributed by atoms with van der Waals surface area (Å²) >= 11 is 0. The molecule has 90 valence electrons. The predicted molar refractivity (Wildman–Crippen MR) is 67.7 cm³/mol. The zero-order valence-electron chi connectivity index (χ0n) is 9.30. The van der Waals surface area contributed by atoms with Crippen LogP contribution in [-0.4, -0.2) is 34.5 Å². The molecule has 5 N–H and O–H groups in total. The van der Waals surface area contributed by atoms with E-state index in [-0.39, 0.29) is 19.3 Å². The Morgan fingerprint density at radius 2 is 1.94 bits per heavy atom. The van der Waals surface area contributed by atoms with Gasteiger partial charge in [-0.1, -0.05) is 0 Å². The van der Waals surface area contributed by atoms with Gasteiger partial charge in [-0.05, 0) is 18.2 Å². The van der Waals surface area contributed by atoms with Crippen molar-refractivity contribution >= 4 is 22.1 Å². The third-order valence-corrected chi connectivity index (χ3v) is 2.65. The first-order chi connectivity index (χ1) is 8.26. The molecule has 0 saturated heterocycles. The molecular formula is C12H15N3O2. The van der Waals surface area contributed by atoms with Gasteiger partial charge in [-0.15, -0.1) is 0 Å². The number of benzene rings is 1. The number of nitrogens with two attached hydrogens (primary N) is 1. The number of nitrogens with one attached hydrogen (secondary N) is 1. The summed E-state index contributed by atoms with van der Waals surface area (Å²) < 4.78 is 0. The van der Waals surface area contributed by atoms with E-state index in [4.69, 9.17) is 15.9 Å². The summed E-state index contributed by atoms with van der Waals surface area (Å²) in [6, 6.07) is 5.07. The van der Waals surface area contributed by atoms with Crippen molar-refractivity contribution in [1.29, 1.82) is 0 Å². The summed E-state index contributed by atoms with van der Waals surface area (Å²) in [6.45, 7) is -0.263. The van der Waals surface area contributed by atoms with Gasteiger partial charge in [0.05, 0.1) is 19.3 Å². The van der Waals surface area contributed by atoms with Crippen LogP contribution in [0.1, 0.15) is 0 Å². The van der Waals surface area contributed by atoms with Gasteiger partial charge in [-0.25, -0.2) is 0 Å². The molecule has 0 amide bonds.